The Kier molecular flexibility index (Phi) is 8.06. The minimum Gasteiger partial charge on any atom is -0.383 e. The maximum atomic E-state index is 6.00. The molecule has 4 heteroatoms. The van der Waals surface area contributed by atoms with Gasteiger partial charge in [0, 0.05) is 12.2 Å². The Morgan fingerprint density at radius 3 is 2.21 bits per heavy atom. The zero-order valence-corrected chi connectivity index (χ0v) is 15.5. The molecule has 0 fully saturated rings. The van der Waals surface area contributed by atoms with E-state index >= 15 is 0 Å². The number of nitrogens with two attached hydrogens (primary N) is 1. The molecule has 2 heterocycles. The molecule has 1 unspecified atom stereocenters. The second kappa shape index (κ2) is 10.3. The molecule has 0 aliphatic carbocycles. The molecule has 0 aliphatic heterocycles. The average Bonchev–Trinajstić information content (AvgIpc) is 3.02. The molecule has 4 nitrogen and oxygen atoms in total. The summed E-state index contributed by atoms with van der Waals surface area (Å²) in [6.07, 6.45) is 18.2. The lowest BCUT2D eigenvalue weighted by Gasteiger charge is -2.20. The summed E-state index contributed by atoms with van der Waals surface area (Å²) in [5, 5.41) is 0.988. The molecule has 0 aliphatic rings. The Morgan fingerprint density at radius 1 is 0.917 bits per heavy atom. The molecule has 0 radical (unpaired) electrons. The first-order valence-electron chi connectivity index (χ1n) is 9.85. The SMILES string of the molecule is CCCCCCCC(CCCCCC)n1ccc2c(N)ncnc21. The minimum absolute atomic E-state index is 0.537. The van der Waals surface area contributed by atoms with E-state index in [9.17, 15) is 0 Å². The molecular weight excluding hydrogens is 296 g/mol. The van der Waals surface area contributed by atoms with Crippen molar-refractivity contribution < 1.29 is 0 Å². The molecule has 134 valence electrons. The van der Waals surface area contributed by atoms with Crippen LogP contribution in [0.2, 0.25) is 0 Å². The molecule has 2 aromatic rings. The molecule has 0 amide bonds. The molecule has 2 rings (SSSR count). The van der Waals surface area contributed by atoms with E-state index in [1.165, 1.54) is 70.6 Å². The summed E-state index contributed by atoms with van der Waals surface area (Å²) in [7, 11) is 0. The van der Waals surface area contributed by atoms with Crippen LogP contribution in [-0.2, 0) is 0 Å². The number of nitrogens with zero attached hydrogens (tertiary/aromatic N) is 3. The van der Waals surface area contributed by atoms with Crippen molar-refractivity contribution in [1.82, 2.24) is 14.5 Å². The van der Waals surface area contributed by atoms with Gasteiger partial charge in [0.2, 0.25) is 0 Å². The zero-order valence-electron chi connectivity index (χ0n) is 15.5. The largest absolute Gasteiger partial charge is 0.383 e. The van der Waals surface area contributed by atoms with Gasteiger partial charge in [0.1, 0.15) is 17.8 Å². The van der Waals surface area contributed by atoms with Gasteiger partial charge in [0.25, 0.3) is 0 Å². The summed E-state index contributed by atoms with van der Waals surface area (Å²) in [5.41, 5.74) is 7.00. The summed E-state index contributed by atoms with van der Waals surface area (Å²) in [6.45, 7) is 4.54. The zero-order chi connectivity index (χ0) is 17.2. The van der Waals surface area contributed by atoms with Gasteiger partial charge in [-0.25, -0.2) is 9.97 Å². The molecule has 0 spiro atoms. The normalized spacial score (nSPS) is 12.8. The van der Waals surface area contributed by atoms with Crippen LogP contribution in [0, 0.1) is 0 Å². The highest BCUT2D eigenvalue weighted by molar-refractivity contribution is 5.86. The predicted molar refractivity (Wildman–Crippen MR) is 103 cm³/mol. The maximum absolute atomic E-state index is 6.00. The highest BCUT2D eigenvalue weighted by Crippen LogP contribution is 2.28. The molecular formula is C20H34N4. The third kappa shape index (κ3) is 5.22. The molecule has 2 N–H and O–H groups in total. The lowest BCUT2D eigenvalue weighted by Crippen LogP contribution is -2.09. The Morgan fingerprint density at radius 2 is 1.54 bits per heavy atom. The van der Waals surface area contributed by atoms with Crippen molar-refractivity contribution in [3.05, 3.63) is 18.6 Å². The van der Waals surface area contributed by atoms with E-state index in [2.05, 4.69) is 40.6 Å². The Balaban J connectivity index is 2.03. The number of fused-ring (bicyclic) bond motifs is 1. The van der Waals surface area contributed by atoms with E-state index in [1.54, 1.807) is 6.33 Å². The number of anilines is 1. The molecule has 0 saturated carbocycles. The van der Waals surface area contributed by atoms with Crippen LogP contribution in [0.15, 0.2) is 18.6 Å². The quantitative estimate of drug-likeness (QED) is 0.494. The lowest BCUT2D eigenvalue weighted by molar-refractivity contribution is 0.403. The first kappa shape index (κ1) is 18.8. The van der Waals surface area contributed by atoms with Crippen molar-refractivity contribution in [2.75, 3.05) is 5.73 Å². The van der Waals surface area contributed by atoms with Crippen LogP contribution in [0.5, 0.6) is 0 Å². The van der Waals surface area contributed by atoms with Gasteiger partial charge in [-0.2, -0.15) is 0 Å². The van der Waals surface area contributed by atoms with Gasteiger partial charge in [-0.3, -0.25) is 0 Å². The van der Waals surface area contributed by atoms with E-state index in [1.807, 2.05) is 0 Å². The number of nitrogen functional groups attached to an aromatic ring is 1. The highest BCUT2D eigenvalue weighted by atomic mass is 15.1. The van der Waals surface area contributed by atoms with E-state index < -0.39 is 0 Å². The number of aromatic nitrogens is 3. The summed E-state index contributed by atoms with van der Waals surface area (Å²) >= 11 is 0. The first-order chi connectivity index (χ1) is 11.8. The van der Waals surface area contributed by atoms with Crippen LogP contribution >= 0.6 is 0 Å². The van der Waals surface area contributed by atoms with E-state index in [0.29, 0.717) is 11.9 Å². The minimum atomic E-state index is 0.537. The van der Waals surface area contributed by atoms with Crippen molar-refractivity contribution in [3.8, 4) is 0 Å². The third-order valence-electron chi connectivity index (χ3n) is 4.97. The fourth-order valence-electron chi connectivity index (χ4n) is 3.50. The number of rotatable bonds is 12. The van der Waals surface area contributed by atoms with E-state index in [0.717, 1.165) is 11.0 Å². The van der Waals surface area contributed by atoms with Gasteiger partial charge in [-0.05, 0) is 18.9 Å². The van der Waals surface area contributed by atoms with Crippen LogP contribution in [0.4, 0.5) is 5.82 Å². The smallest absolute Gasteiger partial charge is 0.145 e. The van der Waals surface area contributed by atoms with Crippen molar-refractivity contribution in [3.63, 3.8) is 0 Å². The van der Waals surface area contributed by atoms with Crippen LogP contribution in [0.3, 0.4) is 0 Å². The van der Waals surface area contributed by atoms with Crippen molar-refractivity contribution in [2.45, 2.75) is 90.5 Å². The molecule has 24 heavy (non-hydrogen) atoms. The molecule has 1 atom stereocenters. The second-order valence-electron chi connectivity index (χ2n) is 6.93. The van der Waals surface area contributed by atoms with Gasteiger partial charge in [0.05, 0.1) is 5.39 Å². The summed E-state index contributed by atoms with van der Waals surface area (Å²) < 4.78 is 2.35. The van der Waals surface area contributed by atoms with Gasteiger partial charge in [0.15, 0.2) is 0 Å². The molecule has 0 aromatic carbocycles. The number of hydrogen-bond acceptors (Lipinski definition) is 3. The average molecular weight is 331 g/mol. The monoisotopic (exact) mass is 330 g/mol. The van der Waals surface area contributed by atoms with Crippen LogP contribution < -0.4 is 5.73 Å². The first-order valence-corrected chi connectivity index (χ1v) is 9.85. The van der Waals surface area contributed by atoms with Crippen LogP contribution in [0.1, 0.15) is 90.5 Å². The number of hydrogen-bond donors (Lipinski definition) is 1. The van der Waals surface area contributed by atoms with E-state index in [-0.39, 0.29) is 0 Å². The molecule has 2 aromatic heterocycles. The number of unbranched alkanes of at least 4 members (excludes halogenated alkanes) is 7. The van der Waals surface area contributed by atoms with Gasteiger partial charge >= 0.3 is 0 Å². The second-order valence-corrected chi connectivity index (χ2v) is 6.93. The molecule has 0 saturated heterocycles. The summed E-state index contributed by atoms with van der Waals surface area (Å²) in [6, 6.07) is 2.61. The van der Waals surface area contributed by atoms with E-state index in [4.69, 9.17) is 5.73 Å². The van der Waals surface area contributed by atoms with Gasteiger partial charge < -0.3 is 10.3 Å². The fraction of sp³-hybridized carbons (Fsp3) is 0.700. The highest BCUT2D eigenvalue weighted by Gasteiger charge is 2.15. The fourth-order valence-corrected chi connectivity index (χ4v) is 3.50. The predicted octanol–water partition coefficient (Wildman–Crippen LogP) is 5.89. The Bertz CT molecular complexity index is 590. The summed E-state index contributed by atoms with van der Waals surface area (Å²) in [4.78, 5) is 8.61. The van der Waals surface area contributed by atoms with Crippen molar-refractivity contribution >= 4 is 16.9 Å². The van der Waals surface area contributed by atoms with Gasteiger partial charge in [-0.1, -0.05) is 71.6 Å². The Hall–Kier alpha value is -1.58. The molecule has 0 bridgehead atoms. The topological polar surface area (TPSA) is 56.7 Å². The van der Waals surface area contributed by atoms with Crippen LogP contribution in [0.25, 0.3) is 11.0 Å². The van der Waals surface area contributed by atoms with Crippen molar-refractivity contribution in [2.24, 2.45) is 0 Å². The van der Waals surface area contributed by atoms with Crippen molar-refractivity contribution in [1.29, 1.82) is 0 Å². The Labute approximate surface area is 146 Å². The lowest BCUT2D eigenvalue weighted by atomic mass is 10.0. The van der Waals surface area contributed by atoms with Crippen LogP contribution in [-0.4, -0.2) is 14.5 Å². The van der Waals surface area contributed by atoms with Gasteiger partial charge in [-0.15, -0.1) is 0 Å². The maximum Gasteiger partial charge on any atom is 0.145 e. The third-order valence-corrected chi connectivity index (χ3v) is 4.97. The summed E-state index contributed by atoms with van der Waals surface area (Å²) in [5.74, 6) is 0.589. The standard InChI is InChI=1S/C20H34N4/c1-3-5-7-9-11-13-17(12-10-8-6-4-2)24-15-14-18-19(21)22-16-23-20(18)24/h14-17H,3-13H2,1-2H3,(H2,21,22,23).